The van der Waals surface area contributed by atoms with Gasteiger partial charge in [-0.1, -0.05) is 12.1 Å². The normalized spacial score (nSPS) is 18.0. The van der Waals surface area contributed by atoms with Gasteiger partial charge in [0.15, 0.2) is 5.01 Å². The van der Waals surface area contributed by atoms with Gasteiger partial charge in [-0.05, 0) is 30.5 Å². The zero-order valence-electron chi connectivity index (χ0n) is 17.7. The number of carbonyl (C=O) groups is 2. The largest absolute Gasteiger partial charge is 0.416 e. The van der Waals surface area contributed by atoms with E-state index in [1.165, 1.54) is 23.5 Å². The number of aliphatic hydroxyl groups excluding tert-OH is 1. The van der Waals surface area contributed by atoms with Crippen molar-refractivity contribution in [2.45, 2.75) is 44.8 Å². The summed E-state index contributed by atoms with van der Waals surface area (Å²) in [4.78, 5) is 33.0. The number of Topliss-reactive ketones (excluding diaryl/α,β-unsaturated/α-hetero) is 1. The summed E-state index contributed by atoms with van der Waals surface area (Å²) in [5.41, 5.74) is 6.04. The van der Waals surface area contributed by atoms with Gasteiger partial charge in [-0.3, -0.25) is 9.59 Å². The molecule has 3 aromatic rings. The summed E-state index contributed by atoms with van der Waals surface area (Å²) in [6.45, 7) is -0.171. The predicted octanol–water partition coefficient (Wildman–Crippen LogP) is 3.98. The van der Waals surface area contributed by atoms with Crippen LogP contribution in [0.4, 0.5) is 13.2 Å². The van der Waals surface area contributed by atoms with E-state index < -0.39 is 17.6 Å². The van der Waals surface area contributed by atoms with E-state index in [9.17, 15) is 27.9 Å². The monoisotopic (exact) mass is 511 g/mol. The predicted molar refractivity (Wildman–Crippen MR) is 119 cm³/mol. The van der Waals surface area contributed by atoms with E-state index in [4.69, 9.17) is 10.5 Å². The molecule has 0 radical (unpaired) electrons. The number of aromatic nitrogens is 2. The first-order valence-corrected chi connectivity index (χ1v) is 12.0. The van der Waals surface area contributed by atoms with Crippen LogP contribution in [0.25, 0.3) is 10.6 Å². The van der Waals surface area contributed by atoms with Gasteiger partial charge in [0.05, 0.1) is 47.6 Å². The minimum atomic E-state index is -4.37. The second-order valence-corrected chi connectivity index (χ2v) is 9.82. The summed E-state index contributed by atoms with van der Waals surface area (Å²) in [6, 6.07) is 4.83. The molecule has 7 nitrogen and oxygen atoms in total. The highest BCUT2D eigenvalue weighted by atomic mass is 32.1. The first-order valence-electron chi connectivity index (χ1n) is 10.3. The zero-order chi connectivity index (χ0) is 24.5. The van der Waals surface area contributed by atoms with Crippen LogP contribution in [0.2, 0.25) is 0 Å². The molecule has 0 atom stereocenters. The van der Waals surface area contributed by atoms with Gasteiger partial charge < -0.3 is 15.6 Å². The van der Waals surface area contributed by atoms with Crippen LogP contribution < -0.4 is 5.73 Å². The molecule has 180 valence electrons. The zero-order valence-corrected chi connectivity index (χ0v) is 19.3. The summed E-state index contributed by atoms with van der Waals surface area (Å²) in [5, 5.41) is 11.9. The number of ether oxygens (including phenoxy) is 1. The summed E-state index contributed by atoms with van der Waals surface area (Å²) in [6.07, 6.45) is -3.20. The molecular weight excluding hydrogens is 491 g/mol. The van der Waals surface area contributed by atoms with Crippen molar-refractivity contribution in [1.82, 2.24) is 9.97 Å². The van der Waals surface area contributed by atoms with Crippen molar-refractivity contribution in [2.24, 2.45) is 11.7 Å². The fourth-order valence-corrected chi connectivity index (χ4v) is 5.28. The molecule has 4 rings (SSSR count). The number of rotatable bonds is 9. The Hall–Kier alpha value is -2.67. The molecule has 1 aliphatic rings. The highest BCUT2D eigenvalue weighted by Crippen LogP contribution is 2.35. The maximum Gasteiger partial charge on any atom is 0.416 e. The van der Waals surface area contributed by atoms with Gasteiger partial charge in [0.2, 0.25) is 0 Å². The molecule has 1 aromatic carbocycles. The molecule has 1 saturated carbocycles. The Morgan fingerprint density at radius 1 is 1.18 bits per heavy atom. The van der Waals surface area contributed by atoms with Crippen molar-refractivity contribution in [1.29, 1.82) is 0 Å². The first-order chi connectivity index (χ1) is 16.1. The molecule has 0 saturated heterocycles. The molecule has 1 fully saturated rings. The van der Waals surface area contributed by atoms with Crippen LogP contribution in [0, 0.1) is 5.92 Å². The Balaban J connectivity index is 1.26. The second-order valence-electron chi connectivity index (χ2n) is 7.88. The lowest BCUT2D eigenvalue weighted by Crippen LogP contribution is -2.37. The van der Waals surface area contributed by atoms with Crippen LogP contribution in [-0.2, 0) is 35.3 Å². The lowest BCUT2D eigenvalue weighted by molar-refractivity contribution is -0.137. The van der Waals surface area contributed by atoms with Crippen molar-refractivity contribution >= 4 is 34.4 Å². The number of nitrogens with two attached hydrogens (primary N) is 1. The Labute approximate surface area is 200 Å². The third kappa shape index (κ3) is 5.52. The molecule has 0 bridgehead atoms. The van der Waals surface area contributed by atoms with E-state index in [-0.39, 0.29) is 42.4 Å². The Bertz CT molecular complexity index is 1180. The van der Waals surface area contributed by atoms with Crippen molar-refractivity contribution in [3.8, 4) is 10.6 Å². The fourth-order valence-electron chi connectivity index (χ4n) is 3.52. The maximum absolute atomic E-state index is 12.6. The number of ketones is 1. The van der Waals surface area contributed by atoms with Gasteiger partial charge in [-0.25, -0.2) is 9.97 Å². The van der Waals surface area contributed by atoms with Crippen LogP contribution in [0.1, 0.15) is 44.5 Å². The number of nitrogens with zero attached hydrogens (tertiary/aromatic N) is 2. The van der Waals surface area contributed by atoms with Gasteiger partial charge >= 0.3 is 6.18 Å². The number of hydrogen-bond acceptors (Lipinski definition) is 8. The third-order valence-electron chi connectivity index (χ3n) is 5.48. The number of primary amides is 1. The number of alkyl halides is 3. The molecule has 2 aromatic heterocycles. The van der Waals surface area contributed by atoms with E-state index in [0.717, 1.165) is 23.5 Å². The number of halogens is 3. The third-order valence-corrected chi connectivity index (χ3v) is 7.47. The van der Waals surface area contributed by atoms with Gasteiger partial charge in [0.25, 0.3) is 5.91 Å². The van der Waals surface area contributed by atoms with E-state index >= 15 is 0 Å². The summed E-state index contributed by atoms with van der Waals surface area (Å²) >= 11 is 2.36. The summed E-state index contributed by atoms with van der Waals surface area (Å²) in [7, 11) is 0. The number of thiazole rings is 2. The SMILES string of the molecule is NC(=O)c1nc(CO)c(-c2csc(CC(=O)C3CC(OCc4ccc(C(F)(F)F)cc4)C3)n2)s1. The van der Waals surface area contributed by atoms with Crippen LogP contribution >= 0.6 is 22.7 Å². The molecule has 1 aliphatic carbocycles. The van der Waals surface area contributed by atoms with E-state index in [1.807, 2.05) is 0 Å². The van der Waals surface area contributed by atoms with Crippen LogP contribution in [0.15, 0.2) is 29.6 Å². The topological polar surface area (TPSA) is 115 Å². The smallest absolute Gasteiger partial charge is 0.390 e. The molecule has 0 unspecified atom stereocenters. The molecule has 0 spiro atoms. The molecular formula is C22H20F3N3O4S2. The number of carbonyl (C=O) groups excluding carboxylic acids is 2. The number of benzene rings is 1. The second kappa shape index (κ2) is 9.90. The highest BCUT2D eigenvalue weighted by molar-refractivity contribution is 7.17. The van der Waals surface area contributed by atoms with Gasteiger partial charge in [-0.15, -0.1) is 22.7 Å². The van der Waals surface area contributed by atoms with Gasteiger partial charge in [-0.2, -0.15) is 13.2 Å². The van der Waals surface area contributed by atoms with Crippen molar-refractivity contribution < 1.29 is 32.6 Å². The fraction of sp³-hybridized carbons (Fsp3) is 0.364. The van der Waals surface area contributed by atoms with Crippen LogP contribution in [-0.4, -0.2) is 32.9 Å². The van der Waals surface area contributed by atoms with Crippen LogP contribution in [0.5, 0.6) is 0 Å². The summed E-state index contributed by atoms with van der Waals surface area (Å²) in [5.74, 6) is -0.792. The van der Waals surface area contributed by atoms with Crippen molar-refractivity contribution in [2.75, 3.05) is 0 Å². The van der Waals surface area contributed by atoms with Crippen LogP contribution in [0.3, 0.4) is 0 Å². The first kappa shape index (κ1) is 24.5. The van der Waals surface area contributed by atoms with E-state index in [0.29, 0.717) is 39.7 Å². The molecule has 34 heavy (non-hydrogen) atoms. The quantitative estimate of drug-likeness (QED) is 0.449. The Morgan fingerprint density at radius 3 is 2.50 bits per heavy atom. The molecule has 2 heterocycles. The Kier molecular flexibility index (Phi) is 7.12. The molecule has 3 N–H and O–H groups in total. The lowest BCUT2D eigenvalue weighted by Gasteiger charge is -2.34. The van der Waals surface area contributed by atoms with E-state index in [1.54, 1.807) is 5.38 Å². The standard InChI is InChI=1S/C22H20F3N3O4S2/c23-22(24,25)13-3-1-11(2-4-13)9-32-14-5-12(6-14)17(30)7-18-27-16(10-33-18)19-15(8-29)28-21(34-19)20(26)31/h1-4,10,12,14,29H,5-9H2,(H2,26,31). The van der Waals surface area contributed by atoms with E-state index in [2.05, 4.69) is 9.97 Å². The Morgan fingerprint density at radius 2 is 1.88 bits per heavy atom. The molecule has 12 heteroatoms. The number of amides is 1. The highest BCUT2D eigenvalue weighted by Gasteiger charge is 2.35. The molecule has 0 aliphatic heterocycles. The minimum absolute atomic E-state index is 0.0415. The molecule has 1 amide bonds. The average Bonchev–Trinajstić information content (AvgIpc) is 3.39. The minimum Gasteiger partial charge on any atom is -0.390 e. The number of hydrogen-bond donors (Lipinski definition) is 2. The van der Waals surface area contributed by atoms with Gasteiger partial charge in [0.1, 0.15) is 10.8 Å². The van der Waals surface area contributed by atoms with Crippen molar-refractivity contribution in [3.63, 3.8) is 0 Å². The average molecular weight is 512 g/mol. The van der Waals surface area contributed by atoms with Crippen molar-refractivity contribution in [3.05, 3.63) is 56.5 Å². The maximum atomic E-state index is 12.6. The number of aliphatic hydroxyl groups is 1. The summed E-state index contributed by atoms with van der Waals surface area (Å²) < 4.78 is 43.6. The van der Waals surface area contributed by atoms with Gasteiger partial charge in [0, 0.05) is 11.3 Å². The lowest BCUT2D eigenvalue weighted by atomic mass is 9.78.